The third-order valence-corrected chi connectivity index (χ3v) is 2.09. The molecule has 0 amide bonds. The molecule has 0 aliphatic heterocycles. The maximum absolute atomic E-state index is 10.9. The molecule has 1 aromatic heterocycles. The number of carbonyl (C=O) groups is 1. The molecule has 1 aromatic rings. The van der Waals surface area contributed by atoms with Crippen molar-refractivity contribution in [1.82, 2.24) is 4.98 Å². The van der Waals surface area contributed by atoms with Crippen LogP contribution in [0.4, 0.5) is 0 Å². The lowest BCUT2D eigenvalue weighted by atomic mass is 9.88. The molecular formula is C10H14ClNO2. The molecule has 1 N–H and O–H groups in total. The van der Waals surface area contributed by atoms with Gasteiger partial charge in [0.15, 0.2) is 0 Å². The molecule has 0 saturated heterocycles. The Bertz CT molecular complexity index is 337. The summed E-state index contributed by atoms with van der Waals surface area (Å²) in [6, 6.07) is 3.65. The van der Waals surface area contributed by atoms with Crippen LogP contribution < -0.4 is 0 Å². The number of carboxylic acid groups (broad SMARTS) is 1. The van der Waals surface area contributed by atoms with Gasteiger partial charge in [-0.1, -0.05) is 0 Å². The Morgan fingerprint density at radius 1 is 1.50 bits per heavy atom. The van der Waals surface area contributed by atoms with E-state index in [0.717, 1.165) is 5.56 Å². The van der Waals surface area contributed by atoms with Crippen molar-refractivity contribution in [3.05, 3.63) is 29.6 Å². The number of halogens is 1. The van der Waals surface area contributed by atoms with Crippen molar-refractivity contribution >= 4 is 18.4 Å². The molecule has 0 aliphatic rings. The number of aliphatic carboxylic acids is 1. The average molecular weight is 216 g/mol. The van der Waals surface area contributed by atoms with Crippen molar-refractivity contribution in [3.8, 4) is 0 Å². The minimum atomic E-state index is -0.911. The second-order valence-electron chi connectivity index (χ2n) is 3.65. The number of aromatic nitrogens is 1. The van der Waals surface area contributed by atoms with Crippen molar-refractivity contribution in [2.45, 2.75) is 26.2 Å². The van der Waals surface area contributed by atoms with Gasteiger partial charge in [0, 0.05) is 6.20 Å². The fraction of sp³-hybridized carbons (Fsp3) is 0.400. The van der Waals surface area contributed by atoms with Crippen molar-refractivity contribution < 1.29 is 9.90 Å². The summed E-state index contributed by atoms with van der Waals surface area (Å²) in [5, 5.41) is 8.95. The number of aryl methyl sites for hydroxylation is 1. The molecule has 1 heterocycles. The predicted octanol–water partition coefficient (Wildman–Crippen LogP) is 2.17. The van der Waals surface area contributed by atoms with Crippen LogP contribution in [0, 0.1) is 6.92 Å². The Kier molecular flexibility index (Phi) is 4.08. The van der Waals surface area contributed by atoms with E-state index in [9.17, 15) is 4.79 Å². The van der Waals surface area contributed by atoms with E-state index in [4.69, 9.17) is 5.11 Å². The fourth-order valence-electron chi connectivity index (χ4n) is 0.988. The van der Waals surface area contributed by atoms with E-state index in [1.807, 2.05) is 13.0 Å². The van der Waals surface area contributed by atoms with Gasteiger partial charge in [0.05, 0.1) is 5.69 Å². The quantitative estimate of drug-likeness (QED) is 0.823. The van der Waals surface area contributed by atoms with Gasteiger partial charge in [0.1, 0.15) is 5.41 Å². The molecule has 14 heavy (non-hydrogen) atoms. The van der Waals surface area contributed by atoms with Gasteiger partial charge in [-0.15, -0.1) is 12.4 Å². The maximum atomic E-state index is 10.9. The number of rotatable bonds is 2. The lowest BCUT2D eigenvalue weighted by molar-refractivity contribution is -0.142. The van der Waals surface area contributed by atoms with Crippen LogP contribution >= 0.6 is 12.4 Å². The van der Waals surface area contributed by atoms with Crippen LogP contribution in [0.5, 0.6) is 0 Å². The molecular weight excluding hydrogens is 202 g/mol. The van der Waals surface area contributed by atoms with E-state index in [0.29, 0.717) is 5.69 Å². The highest BCUT2D eigenvalue weighted by Crippen LogP contribution is 2.21. The van der Waals surface area contributed by atoms with Gasteiger partial charge in [-0.25, -0.2) is 0 Å². The lowest BCUT2D eigenvalue weighted by Crippen LogP contribution is -2.29. The van der Waals surface area contributed by atoms with Crippen LogP contribution in [-0.2, 0) is 10.2 Å². The SMILES string of the molecule is Cc1ccnc(C(C)(C)C(=O)O)c1.Cl. The molecule has 0 aliphatic carbocycles. The summed E-state index contributed by atoms with van der Waals surface area (Å²) in [5.74, 6) is -0.856. The van der Waals surface area contributed by atoms with E-state index < -0.39 is 11.4 Å². The lowest BCUT2D eigenvalue weighted by Gasteiger charge is -2.18. The maximum Gasteiger partial charge on any atom is 0.315 e. The summed E-state index contributed by atoms with van der Waals surface area (Å²) in [4.78, 5) is 14.9. The first kappa shape index (κ1) is 12.9. The van der Waals surface area contributed by atoms with Gasteiger partial charge in [-0.2, -0.15) is 0 Å². The molecule has 0 unspecified atom stereocenters. The monoisotopic (exact) mass is 215 g/mol. The van der Waals surface area contributed by atoms with Crippen LogP contribution in [0.15, 0.2) is 18.3 Å². The first-order chi connectivity index (χ1) is 5.94. The Morgan fingerprint density at radius 3 is 2.50 bits per heavy atom. The fourth-order valence-corrected chi connectivity index (χ4v) is 0.988. The van der Waals surface area contributed by atoms with E-state index in [1.54, 1.807) is 26.1 Å². The second kappa shape index (κ2) is 4.42. The molecule has 0 aromatic carbocycles. The summed E-state index contributed by atoms with van der Waals surface area (Å²) in [7, 11) is 0. The molecule has 1 rings (SSSR count). The molecule has 0 radical (unpaired) electrons. The molecule has 78 valence electrons. The highest BCUT2D eigenvalue weighted by atomic mass is 35.5. The van der Waals surface area contributed by atoms with Crippen molar-refractivity contribution in [2.75, 3.05) is 0 Å². The second-order valence-corrected chi connectivity index (χ2v) is 3.65. The van der Waals surface area contributed by atoms with E-state index >= 15 is 0 Å². The zero-order valence-corrected chi connectivity index (χ0v) is 9.26. The third-order valence-electron chi connectivity index (χ3n) is 2.09. The van der Waals surface area contributed by atoms with Crippen LogP contribution in [-0.4, -0.2) is 16.1 Å². The molecule has 3 nitrogen and oxygen atoms in total. The zero-order valence-electron chi connectivity index (χ0n) is 8.44. The summed E-state index contributed by atoms with van der Waals surface area (Å²) in [5.41, 5.74) is 0.714. The van der Waals surface area contributed by atoms with Gasteiger partial charge >= 0.3 is 5.97 Å². The number of nitrogens with zero attached hydrogens (tertiary/aromatic N) is 1. The Balaban J connectivity index is 0.00000169. The van der Waals surface area contributed by atoms with E-state index in [1.165, 1.54) is 0 Å². The summed E-state index contributed by atoms with van der Waals surface area (Å²) in [6.07, 6.45) is 1.63. The summed E-state index contributed by atoms with van der Waals surface area (Å²) >= 11 is 0. The van der Waals surface area contributed by atoms with Crippen molar-refractivity contribution in [2.24, 2.45) is 0 Å². The number of hydrogen-bond donors (Lipinski definition) is 1. The Morgan fingerprint density at radius 2 is 2.07 bits per heavy atom. The number of hydrogen-bond acceptors (Lipinski definition) is 2. The Labute approximate surface area is 89.6 Å². The number of carboxylic acids is 1. The topological polar surface area (TPSA) is 50.2 Å². The normalized spacial score (nSPS) is 10.5. The Hall–Kier alpha value is -1.09. The van der Waals surface area contributed by atoms with Crippen LogP contribution in [0.3, 0.4) is 0 Å². The standard InChI is InChI=1S/C10H13NO2.ClH/c1-7-4-5-11-8(6-7)10(2,3)9(12)13;/h4-6H,1-3H3,(H,12,13);1H. The van der Waals surface area contributed by atoms with E-state index in [2.05, 4.69) is 4.98 Å². The average Bonchev–Trinajstić information content (AvgIpc) is 2.04. The third kappa shape index (κ3) is 2.45. The van der Waals surface area contributed by atoms with Gasteiger partial charge in [0.25, 0.3) is 0 Å². The first-order valence-electron chi connectivity index (χ1n) is 4.11. The van der Waals surface area contributed by atoms with Crippen molar-refractivity contribution in [1.29, 1.82) is 0 Å². The molecule has 0 bridgehead atoms. The summed E-state index contributed by atoms with van der Waals surface area (Å²) in [6.45, 7) is 5.22. The van der Waals surface area contributed by atoms with Crippen LogP contribution in [0.2, 0.25) is 0 Å². The van der Waals surface area contributed by atoms with Crippen LogP contribution in [0.1, 0.15) is 25.1 Å². The molecule has 0 saturated carbocycles. The van der Waals surface area contributed by atoms with Gasteiger partial charge in [0.2, 0.25) is 0 Å². The largest absolute Gasteiger partial charge is 0.481 e. The van der Waals surface area contributed by atoms with Crippen LogP contribution in [0.25, 0.3) is 0 Å². The summed E-state index contributed by atoms with van der Waals surface area (Å²) < 4.78 is 0. The van der Waals surface area contributed by atoms with Gasteiger partial charge in [-0.05, 0) is 38.5 Å². The zero-order chi connectivity index (χ0) is 10.1. The number of pyridine rings is 1. The predicted molar refractivity (Wildman–Crippen MR) is 56.9 cm³/mol. The van der Waals surface area contributed by atoms with Gasteiger partial charge < -0.3 is 5.11 Å². The first-order valence-corrected chi connectivity index (χ1v) is 4.11. The highest BCUT2D eigenvalue weighted by molar-refractivity contribution is 5.85. The van der Waals surface area contributed by atoms with Crippen molar-refractivity contribution in [3.63, 3.8) is 0 Å². The highest BCUT2D eigenvalue weighted by Gasteiger charge is 2.30. The molecule has 0 spiro atoms. The molecule has 4 heteroatoms. The van der Waals surface area contributed by atoms with E-state index in [-0.39, 0.29) is 12.4 Å². The molecule has 0 fully saturated rings. The molecule has 0 atom stereocenters. The minimum absolute atomic E-state index is 0. The minimum Gasteiger partial charge on any atom is -0.481 e. The smallest absolute Gasteiger partial charge is 0.315 e. The van der Waals surface area contributed by atoms with Gasteiger partial charge in [-0.3, -0.25) is 9.78 Å².